The van der Waals surface area contributed by atoms with Crippen molar-refractivity contribution in [3.05, 3.63) is 0 Å². The molecule has 2 atom stereocenters. The Morgan fingerprint density at radius 1 is 1.30 bits per heavy atom. The van der Waals surface area contributed by atoms with Crippen LogP contribution < -0.4 is 0 Å². The van der Waals surface area contributed by atoms with Gasteiger partial charge in [0.15, 0.2) is 0 Å². The molecule has 2 heterocycles. The van der Waals surface area contributed by atoms with Crippen LogP contribution in [0.3, 0.4) is 0 Å². The number of nitrogens with zero attached hydrogens (tertiary/aromatic N) is 2. The van der Waals surface area contributed by atoms with Gasteiger partial charge in [-0.2, -0.15) is 0 Å². The summed E-state index contributed by atoms with van der Waals surface area (Å²) in [6.45, 7) is 10.1. The number of hydrogen-bond donors (Lipinski definition) is 0. The Morgan fingerprint density at radius 3 is 2.70 bits per heavy atom. The summed E-state index contributed by atoms with van der Waals surface area (Å²) in [6, 6.07) is 0.358. The summed E-state index contributed by atoms with van der Waals surface area (Å²) in [4.78, 5) is 16.5. The zero-order chi connectivity index (χ0) is 14.3. The fraction of sp³-hybridized carbons (Fsp3) is 0.933. The summed E-state index contributed by atoms with van der Waals surface area (Å²) in [5, 5.41) is 0. The average Bonchev–Trinajstić information content (AvgIpc) is 3.03. The first-order valence-electron chi connectivity index (χ1n) is 7.76. The summed E-state index contributed by atoms with van der Waals surface area (Å²) in [5.41, 5.74) is -0.431. The second-order valence-electron chi connectivity index (χ2n) is 7.30. The van der Waals surface area contributed by atoms with Gasteiger partial charge in [0, 0.05) is 19.6 Å². The van der Waals surface area contributed by atoms with E-state index in [1.165, 1.54) is 19.4 Å². The quantitative estimate of drug-likeness (QED) is 0.773. The summed E-state index contributed by atoms with van der Waals surface area (Å²) in [6.07, 6.45) is 2.69. The number of fused-ring (bicyclic) bond motifs is 1. The van der Waals surface area contributed by atoms with Crippen LogP contribution >= 0.6 is 0 Å². The molecule has 0 bridgehead atoms. The maximum absolute atomic E-state index is 12.2. The third kappa shape index (κ3) is 3.26. The number of carbonyl (C=O) groups excluding carboxylic acids is 1. The van der Waals surface area contributed by atoms with Gasteiger partial charge in [-0.3, -0.25) is 4.90 Å². The van der Waals surface area contributed by atoms with E-state index < -0.39 is 5.60 Å². The Kier molecular flexibility index (Phi) is 3.67. The van der Waals surface area contributed by atoms with Gasteiger partial charge in [-0.1, -0.05) is 0 Å². The van der Waals surface area contributed by atoms with Crippen LogP contribution in [0.4, 0.5) is 4.79 Å². The Morgan fingerprint density at radius 2 is 2.05 bits per heavy atom. The number of carbonyl (C=O) groups is 1. The van der Waals surface area contributed by atoms with Crippen molar-refractivity contribution in [2.24, 2.45) is 5.92 Å². The molecule has 3 rings (SSSR count). The number of morpholine rings is 1. The fourth-order valence-electron chi connectivity index (χ4n) is 3.09. The molecule has 5 heteroatoms. The highest BCUT2D eigenvalue weighted by molar-refractivity contribution is 5.68. The molecule has 2 aliphatic heterocycles. The monoisotopic (exact) mass is 282 g/mol. The molecule has 0 N–H and O–H groups in total. The first-order valence-corrected chi connectivity index (χ1v) is 7.76. The molecule has 1 saturated carbocycles. The van der Waals surface area contributed by atoms with Gasteiger partial charge in [0.1, 0.15) is 5.60 Å². The van der Waals surface area contributed by atoms with Gasteiger partial charge in [0.05, 0.1) is 25.3 Å². The van der Waals surface area contributed by atoms with E-state index in [0.29, 0.717) is 12.6 Å². The lowest BCUT2D eigenvalue weighted by Crippen LogP contribution is -2.51. The first kappa shape index (κ1) is 14.1. The van der Waals surface area contributed by atoms with Crippen molar-refractivity contribution in [2.45, 2.75) is 51.4 Å². The predicted octanol–water partition coefficient (Wildman–Crippen LogP) is 1.72. The van der Waals surface area contributed by atoms with Gasteiger partial charge in [-0.25, -0.2) is 4.79 Å². The minimum Gasteiger partial charge on any atom is -0.444 e. The molecule has 2 unspecified atom stereocenters. The van der Waals surface area contributed by atoms with Crippen molar-refractivity contribution >= 4 is 6.09 Å². The van der Waals surface area contributed by atoms with Crippen molar-refractivity contribution in [3.63, 3.8) is 0 Å². The third-order valence-electron chi connectivity index (χ3n) is 4.26. The molecule has 3 aliphatic rings. The van der Waals surface area contributed by atoms with Gasteiger partial charge in [0.25, 0.3) is 0 Å². The average molecular weight is 282 g/mol. The van der Waals surface area contributed by atoms with Crippen LogP contribution in [0.25, 0.3) is 0 Å². The van der Waals surface area contributed by atoms with Crippen LogP contribution in [-0.2, 0) is 9.47 Å². The SMILES string of the molecule is CC(C)(C)OC(=O)N1CC2OCCN(CC3CC3)C2C1. The number of ether oxygens (including phenoxy) is 2. The summed E-state index contributed by atoms with van der Waals surface area (Å²) in [7, 11) is 0. The molecule has 3 fully saturated rings. The van der Waals surface area contributed by atoms with E-state index in [0.717, 1.165) is 25.6 Å². The van der Waals surface area contributed by atoms with Crippen LogP contribution in [0.2, 0.25) is 0 Å². The van der Waals surface area contributed by atoms with E-state index in [4.69, 9.17) is 9.47 Å². The largest absolute Gasteiger partial charge is 0.444 e. The van der Waals surface area contributed by atoms with Crippen molar-refractivity contribution in [1.29, 1.82) is 0 Å². The van der Waals surface area contributed by atoms with Crippen molar-refractivity contribution < 1.29 is 14.3 Å². The highest BCUT2D eigenvalue weighted by Crippen LogP contribution is 2.33. The maximum atomic E-state index is 12.2. The lowest BCUT2D eigenvalue weighted by molar-refractivity contribution is -0.0486. The Labute approximate surface area is 121 Å². The highest BCUT2D eigenvalue weighted by Gasteiger charge is 2.44. The molecule has 0 spiro atoms. The lowest BCUT2D eigenvalue weighted by atomic mass is 10.1. The van der Waals surface area contributed by atoms with Gasteiger partial charge < -0.3 is 14.4 Å². The Hall–Kier alpha value is -0.810. The molecule has 1 amide bonds. The minimum atomic E-state index is -0.431. The number of likely N-dealkylation sites (tertiary alicyclic amines) is 1. The van der Waals surface area contributed by atoms with Gasteiger partial charge in [-0.15, -0.1) is 0 Å². The number of rotatable bonds is 2. The molecule has 0 aromatic heterocycles. The molecule has 114 valence electrons. The molecule has 1 aliphatic carbocycles. The van der Waals surface area contributed by atoms with Crippen LogP contribution in [0.1, 0.15) is 33.6 Å². The van der Waals surface area contributed by atoms with E-state index in [9.17, 15) is 4.79 Å². The third-order valence-corrected chi connectivity index (χ3v) is 4.26. The minimum absolute atomic E-state index is 0.162. The van der Waals surface area contributed by atoms with Gasteiger partial charge in [-0.05, 0) is 39.5 Å². The predicted molar refractivity (Wildman–Crippen MR) is 75.6 cm³/mol. The molecule has 20 heavy (non-hydrogen) atoms. The summed E-state index contributed by atoms with van der Waals surface area (Å²) in [5.74, 6) is 0.879. The molecule has 0 aromatic carbocycles. The highest BCUT2D eigenvalue weighted by atomic mass is 16.6. The Balaban J connectivity index is 1.59. The van der Waals surface area contributed by atoms with Gasteiger partial charge in [0.2, 0.25) is 0 Å². The topological polar surface area (TPSA) is 42.0 Å². The summed E-state index contributed by atoms with van der Waals surface area (Å²) >= 11 is 0. The fourth-order valence-corrected chi connectivity index (χ4v) is 3.09. The Bertz CT molecular complexity index is 376. The van der Waals surface area contributed by atoms with Crippen molar-refractivity contribution in [3.8, 4) is 0 Å². The first-order chi connectivity index (χ1) is 9.42. The van der Waals surface area contributed by atoms with E-state index >= 15 is 0 Å². The summed E-state index contributed by atoms with van der Waals surface area (Å²) < 4.78 is 11.3. The van der Waals surface area contributed by atoms with E-state index in [1.807, 2.05) is 25.7 Å². The molecule has 0 radical (unpaired) electrons. The number of hydrogen-bond acceptors (Lipinski definition) is 4. The van der Waals surface area contributed by atoms with Gasteiger partial charge >= 0.3 is 6.09 Å². The second-order valence-corrected chi connectivity index (χ2v) is 7.30. The van der Waals surface area contributed by atoms with E-state index in [2.05, 4.69) is 4.90 Å². The molecule has 2 saturated heterocycles. The zero-order valence-corrected chi connectivity index (χ0v) is 12.8. The van der Waals surface area contributed by atoms with Crippen LogP contribution in [0.15, 0.2) is 0 Å². The lowest BCUT2D eigenvalue weighted by Gasteiger charge is -2.36. The smallest absolute Gasteiger partial charge is 0.410 e. The van der Waals surface area contributed by atoms with E-state index in [-0.39, 0.29) is 12.2 Å². The molecular formula is C15H26N2O3. The zero-order valence-electron chi connectivity index (χ0n) is 12.8. The number of amides is 1. The molecule has 5 nitrogen and oxygen atoms in total. The van der Waals surface area contributed by atoms with Crippen molar-refractivity contribution in [1.82, 2.24) is 9.80 Å². The van der Waals surface area contributed by atoms with E-state index in [1.54, 1.807) is 0 Å². The standard InChI is InChI=1S/C15H26N2O3/c1-15(2,3)20-14(18)17-9-12-13(10-17)19-7-6-16(12)8-11-4-5-11/h11-13H,4-10H2,1-3H3. The normalized spacial score (nSPS) is 31.2. The maximum Gasteiger partial charge on any atom is 0.410 e. The molecular weight excluding hydrogens is 256 g/mol. The second kappa shape index (κ2) is 5.19. The van der Waals surface area contributed by atoms with Crippen LogP contribution in [0, 0.1) is 5.92 Å². The molecule has 0 aromatic rings. The van der Waals surface area contributed by atoms with Crippen molar-refractivity contribution in [2.75, 3.05) is 32.8 Å². The van der Waals surface area contributed by atoms with Crippen LogP contribution in [-0.4, -0.2) is 66.4 Å². The van der Waals surface area contributed by atoms with Crippen LogP contribution in [0.5, 0.6) is 0 Å².